The van der Waals surface area contributed by atoms with Gasteiger partial charge in [0, 0.05) is 6.54 Å². The highest BCUT2D eigenvalue weighted by molar-refractivity contribution is 5.83. The van der Waals surface area contributed by atoms with Gasteiger partial charge in [0.05, 0.1) is 11.5 Å². The second-order valence-electron chi connectivity index (χ2n) is 4.50. The molecule has 0 spiro atoms. The smallest absolute Gasteiger partial charge is 0.328 e. The summed E-state index contributed by atoms with van der Waals surface area (Å²) in [5, 5.41) is 17.1. The van der Waals surface area contributed by atoms with Crippen LogP contribution in [-0.2, 0) is 9.53 Å². The highest BCUT2D eigenvalue weighted by atomic mass is 16.6. The van der Waals surface area contributed by atoms with E-state index in [0.717, 1.165) is 6.42 Å². The van der Waals surface area contributed by atoms with Crippen molar-refractivity contribution in [3.8, 4) is 0 Å². The maximum atomic E-state index is 11.6. The van der Waals surface area contributed by atoms with Gasteiger partial charge in [-0.25, -0.2) is 4.79 Å². The van der Waals surface area contributed by atoms with Gasteiger partial charge in [0.25, 0.3) is 0 Å². The zero-order valence-corrected chi connectivity index (χ0v) is 12.5. The minimum atomic E-state index is -0.662. The van der Waals surface area contributed by atoms with E-state index in [2.05, 4.69) is 10.6 Å². The van der Waals surface area contributed by atoms with Crippen LogP contribution < -0.4 is 10.6 Å². The average Bonchev–Trinajstić information content (AvgIpc) is 2.44. The number of anilines is 2. The molecule has 0 aliphatic heterocycles. The van der Waals surface area contributed by atoms with E-state index >= 15 is 0 Å². The third-order valence-corrected chi connectivity index (χ3v) is 2.80. The third kappa shape index (κ3) is 4.62. The molecule has 0 aliphatic carbocycles. The van der Waals surface area contributed by atoms with Crippen LogP contribution in [0.5, 0.6) is 0 Å². The van der Waals surface area contributed by atoms with Gasteiger partial charge >= 0.3 is 11.7 Å². The summed E-state index contributed by atoms with van der Waals surface area (Å²) in [5.74, 6) is -0.446. The molecule has 0 aromatic heterocycles. The molecule has 1 atom stereocenters. The van der Waals surface area contributed by atoms with Crippen LogP contribution >= 0.6 is 0 Å². The molecule has 0 heterocycles. The molecule has 0 saturated heterocycles. The molecular weight excluding hydrogens is 274 g/mol. The van der Waals surface area contributed by atoms with Crippen LogP contribution in [0.3, 0.4) is 0 Å². The number of nitro benzene ring substituents is 1. The first-order chi connectivity index (χ1) is 10.0. The van der Waals surface area contributed by atoms with E-state index in [1.165, 1.54) is 0 Å². The molecule has 1 aromatic rings. The Morgan fingerprint density at radius 3 is 2.62 bits per heavy atom. The van der Waals surface area contributed by atoms with Gasteiger partial charge in [-0.05, 0) is 32.4 Å². The molecule has 116 valence electrons. The number of hydrogen-bond donors (Lipinski definition) is 2. The monoisotopic (exact) mass is 295 g/mol. The average molecular weight is 295 g/mol. The maximum Gasteiger partial charge on any atom is 0.328 e. The summed E-state index contributed by atoms with van der Waals surface area (Å²) in [6.07, 6.45) is 0.855. The number of nitrogens with zero attached hydrogens (tertiary/aromatic N) is 1. The molecule has 2 N–H and O–H groups in total. The van der Waals surface area contributed by atoms with Crippen molar-refractivity contribution in [3.05, 3.63) is 28.3 Å². The Morgan fingerprint density at radius 1 is 1.38 bits per heavy atom. The fraction of sp³-hybridized carbons (Fsp3) is 0.500. The summed E-state index contributed by atoms with van der Waals surface area (Å²) in [6.45, 7) is 6.20. The highest BCUT2D eigenvalue weighted by Crippen LogP contribution is 2.33. The minimum absolute atomic E-state index is 0.0675. The number of hydrogen-bond acceptors (Lipinski definition) is 6. The summed E-state index contributed by atoms with van der Waals surface area (Å²) in [7, 11) is 0. The first-order valence-corrected chi connectivity index (χ1v) is 6.95. The molecule has 0 saturated carbocycles. The summed E-state index contributed by atoms with van der Waals surface area (Å²) in [5.41, 5.74) is 0.659. The number of carbonyl (C=O) groups excluding carboxylic acids is 1. The van der Waals surface area contributed by atoms with Crippen LogP contribution in [-0.4, -0.2) is 30.1 Å². The number of para-hydroxylation sites is 1. The molecule has 1 rings (SSSR count). The number of nitro groups is 1. The summed E-state index contributed by atoms with van der Waals surface area (Å²) in [4.78, 5) is 22.4. The first kappa shape index (κ1) is 16.7. The molecule has 7 nitrogen and oxygen atoms in total. The van der Waals surface area contributed by atoms with Crippen molar-refractivity contribution < 1.29 is 14.5 Å². The van der Waals surface area contributed by atoms with Gasteiger partial charge in [0.1, 0.15) is 17.4 Å². The second-order valence-corrected chi connectivity index (χ2v) is 4.50. The lowest BCUT2D eigenvalue weighted by molar-refractivity contribution is -0.383. The Labute approximate surface area is 123 Å². The van der Waals surface area contributed by atoms with Gasteiger partial charge in [0.2, 0.25) is 0 Å². The highest BCUT2D eigenvalue weighted by Gasteiger charge is 2.23. The van der Waals surface area contributed by atoms with Crippen molar-refractivity contribution in [2.75, 3.05) is 23.8 Å². The third-order valence-electron chi connectivity index (χ3n) is 2.80. The van der Waals surface area contributed by atoms with Crippen molar-refractivity contribution in [2.45, 2.75) is 33.2 Å². The number of nitrogens with one attached hydrogen (secondary N) is 2. The van der Waals surface area contributed by atoms with Crippen LogP contribution in [0.2, 0.25) is 0 Å². The summed E-state index contributed by atoms with van der Waals surface area (Å²) < 4.78 is 4.88. The van der Waals surface area contributed by atoms with Gasteiger partial charge in [-0.15, -0.1) is 0 Å². The first-order valence-electron chi connectivity index (χ1n) is 6.95. The number of carbonyl (C=O) groups is 1. The number of rotatable bonds is 8. The van der Waals surface area contributed by atoms with E-state index in [1.807, 2.05) is 6.92 Å². The molecule has 1 unspecified atom stereocenters. The predicted octanol–water partition coefficient (Wildman–Crippen LogP) is 2.78. The maximum absolute atomic E-state index is 11.6. The van der Waals surface area contributed by atoms with E-state index in [0.29, 0.717) is 17.9 Å². The Hall–Kier alpha value is -2.31. The molecule has 0 bridgehead atoms. The van der Waals surface area contributed by atoms with Gasteiger partial charge < -0.3 is 15.4 Å². The fourth-order valence-corrected chi connectivity index (χ4v) is 1.82. The van der Waals surface area contributed by atoms with E-state index < -0.39 is 16.9 Å². The van der Waals surface area contributed by atoms with Crippen molar-refractivity contribution in [3.63, 3.8) is 0 Å². The quantitative estimate of drug-likeness (QED) is 0.435. The molecule has 1 aromatic carbocycles. The van der Waals surface area contributed by atoms with Gasteiger partial charge in [-0.3, -0.25) is 10.1 Å². The van der Waals surface area contributed by atoms with E-state index in [1.54, 1.807) is 32.0 Å². The molecular formula is C14H21N3O4. The second kappa shape index (κ2) is 8.08. The molecule has 7 heteroatoms. The normalized spacial score (nSPS) is 11.6. The summed E-state index contributed by atoms with van der Waals surface area (Å²) >= 11 is 0. The molecule has 21 heavy (non-hydrogen) atoms. The van der Waals surface area contributed by atoms with Crippen molar-refractivity contribution in [1.82, 2.24) is 0 Å². The van der Waals surface area contributed by atoms with Crippen molar-refractivity contribution in [1.29, 1.82) is 0 Å². The summed E-state index contributed by atoms with van der Waals surface area (Å²) in [6, 6.07) is 4.26. The van der Waals surface area contributed by atoms with Crippen LogP contribution in [0.1, 0.15) is 27.2 Å². The van der Waals surface area contributed by atoms with Crippen LogP contribution in [0, 0.1) is 10.1 Å². The van der Waals surface area contributed by atoms with Crippen LogP contribution in [0.4, 0.5) is 17.1 Å². The Kier molecular flexibility index (Phi) is 6.45. The Morgan fingerprint density at radius 2 is 2.05 bits per heavy atom. The van der Waals surface area contributed by atoms with Crippen molar-refractivity contribution >= 4 is 23.0 Å². The lowest BCUT2D eigenvalue weighted by Gasteiger charge is -2.15. The zero-order chi connectivity index (χ0) is 15.8. The zero-order valence-electron chi connectivity index (χ0n) is 12.5. The molecule has 0 aliphatic rings. The van der Waals surface area contributed by atoms with E-state index in [4.69, 9.17) is 4.74 Å². The fourth-order valence-electron chi connectivity index (χ4n) is 1.82. The van der Waals surface area contributed by atoms with Gasteiger partial charge in [0.15, 0.2) is 0 Å². The standard InChI is InChI=1S/C14H21N3O4/c1-4-9-15-11-7-6-8-12(13(11)17(19)20)16-10(3)14(18)21-5-2/h6-8,10,15-16H,4-5,9H2,1-3H3. The molecule has 0 radical (unpaired) electrons. The van der Waals surface area contributed by atoms with Gasteiger partial charge in [-0.2, -0.15) is 0 Å². The van der Waals surface area contributed by atoms with E-state index in [9.17, 15) is 14.9 Å². The van der Waals surface area contributed by atoms with Crippen LogP contribution in [0.15, 0.2) is 18.2 Å². The predicted molar refractivity (Wildman–Crippen MR) is 81.6 cm³/mol. The number of benzene rings is 1. The van der Waals surface area contributed by atoms with Crippen molar-refractivity contribution in [2.24, 2.45) is 0 Å². The number of esters is 1. The SMILES string of the molecule is CCCNc1cccc(NC(C)C(=O)OCC)c1[N+](=O)[O-]. The topological polar surface area (TPSA) is 93.5 Å². The van der Waals surface area contributed by atoms with Gasteiger partial charge in [-0.1, -0.05) is 13.0 Å². The lowest BCUT2D eigenvalue weighted by atomic mass is 10.2. The molecule has 0 fully saturated rings. The largest absolute Gasteiger partial charge is 0.464 e. The Bertz CT molecular complexity index is 505. The minimum Gasteiger partial charge on any atom is -0.464 e. The van der Waals surface area contributed by atoms with E-state index in [-0.39, 0.29) is 12.3 Å². The lowest BCUT2D eigenvalue weighted by Crippen LogP contribution is -2.28. The number of ether oxygens (including phenoxy) is 1. The van der Waals surface area contributed by atoms with Crippen LogP contribution in [0.25, 0.3) is 0 Å². The molecule has 0 amide bonds. The Balaban J connectivity index is 3.00.